The van der Waals surface area contributed by atoms with Crippen LogP contribution < -0.4 is 5.32 Å². The maximum atomic E-state index is 13.5. The van der Waals surface area contributed by atoms with Crippen LogP contribution in [0.25, 0.3) is 0 Å². The third-order valence-corrected chi connectivity index (χ3v) is 6.97. The van der Waals surface area contributed by atoms with Crippen LogP contribution in [0, 0.1) is 18.8 Å². The highest BCUT2D eigenvalue weighted by Crippen LogP contribution is 2.35. The van der Waals surface area contributed by atoms with E-state index in [1.54, 1.807) is 4.90 Å². The molecule has 2 aliphatic rings. The molecule has 0 radical (unpaired) electrons. The number of hydrogen-bond acceptors (Lipinski definition) is 4. The van der Waals surface area contributed by atoms with Crippen molar-refractivity contribution in [3.05, 3.63) is 47.5 Å². The van der Waals surface area contributed by atoms with Gasteiger partial charge in [0.05, 0.1) is 11.8 Å². The topological polar surface area (TPSA) is 86.8 Å². The van der Waals surface area contributed by atoms with Crippen LogP contribution in [0.2, 0.25) is 0 Å². The van der Waals surface area contributed by atoms with Crippen LogP contribution in [0.15, 0.2) is 36.4 Å². The zero-order valence-electron chi connectivity index (χ0n) is 20.6. The van der Waals surface area contributed by atoms with E-state index in [0.29, 0.717) is 32.4 Å². The first-order valence-electron chi connectivity index (χ1n) is 12.5. The first-order chi connectivity index (χ1) is 16.4. The summed E-state index contributed by atoms with van der Waals surface area (Å²) in [6.45, 7) is 6.88. The minimum atomic E-state index is -0.610. The van der Waals surface area contributed by atoms with Crippen LogP contribution in [0.3, 0.4) is 0 Å². The lowest BCUT2D eigenvalue weighted by Crippen LogP contribution is -2.50. The number of hydrogen-bond donors (Lipinski definition) is 1. The fraction of sp³-hybridized carbons (Fsp3) is 0.556. The van der Waals surface area contributed by atoms with E-state index in [4.69, 9.17) is 0 Å². The molecule has 1 fully saturated rings. The Balaban J connectivity index is 1.74. The molecule has 7 heteroatoms. The molecule has 4 amide bonds. The predicted molar refractivity (Wildman–Crippen MR) is 130 cm³/mol. The summed E-state index contributed by atoms with van der Waals surface area (Å²) in [5.74, 6) is -1.35. The highest BCUT2D eigenvalue weighted by atomic mass is 16.2. The normalized spacial score (nSPS) is 20.3. The number of allylic oxidation sites excluding steroid dienone is 2. The molecule has 0 saturated carbocycles. The molecule has 3 atom stereocenters. The Kier molecular flexibility index (Phi) is 9.02. The maximum absolute atomic E-state index is 13.5. The molecule has 0 aromatic heterocycles. The number of amides is 4. The van der Waals surface area contributed by atoms with E-state index in [1.807, 2.05) is 50.3 Å². The predicted octanol–water partition coefficient (Wildman–Crippen LogP) is 3.36. The summed E-state index contributed by atoms with van der Waals surface area (Å²) in [5, 5.41) is 2.96. The van der Waals surface area contributed by atoms with Crippen LogP contribution in [0.1, 0.15) is 63.5 Å². The van der Waals surface area contributed by atoms with Crippen molar-refractivity contribution in [2.24, 2.45) is 11.8 Å². The minimum Gasteiger partial charge on any atom is -0.354 e. The quantitative estimate of drug-likeness (QED) is 0.307. The fourth-order valence-corrected chi connectivity index (χ4v) is 4.84. The Morgan fingerprint density at radius 2 is 1.74 bits per heavy atom. The van der Waals surface area contributed by atoms with Gasteiger partial charge >= 0.3 is 0 Å². The summed E-state index contributed by atoms with van der Waals surface area (Å²) >= 11 is 0. The van der Waals surface area contributed by atoms with Gasteiger partial charge in [-0.15, -0.1) is 0 Å². The van der Waals surface area contributed by atoms with Crippen molar-refractivity contribution in [3.63, 3.8) is 0 Å². The molecule has 0 spiro atoms. The van der Waals surface area contributed by atoms with Crippen molar-refractivity contribution in [1.29, 1.82) is 0 Å². The van der Waals surface area contributed by atoms with E-state index >= 15 is 0 Å². The molecule has 1 aromatic rings. The minimum absolute atomic E-state index is 0.00890. The third-order valence-electron chi connectivity index (χ3n) is 6.97. The van der Waals surface area contributed by atoms with Gasteiger partial charge in [-0.1, -0.05) is 56.7 Å². The average molecular weight is 468 g/mol. The Hall–Kier alpha value is -2.96. The number of aryl methyl sites for hydroxylation is 1. The monoisotopic (exact) mass is 467 g/mol. The molecule has 34 heavy (non-hydrogen) atoms. The molecule has 1 saturated heterocycles. The van der Waals surface area contributed by atoms with Crippen LogP contribution in [0.5, 0.6) is 0 Å². The zero-order chi connectivity index (χ0) is 24.7. The second-order valence-electron chi connectivity index (χ2n) is 9.25. The van der Waals surface area contributed by atoms with E-state index in [2.05, 4.69) is 12.2 Å². The van der Waals surface area contributed by atoms with Crippen molar-refractivity contribution >= 4 is 23.6 Å². The first kappa shape index (κ1) is 25.7. The number of carbonyl (C=O) groups is 4. The molecule has 3 rings (SSSR count). The molecule has 1 aromatic carbocycles. The number of carbonyl (C=O) groups excluding carboxylic acids is 4. The van der Waals surface area contributed by atoms with Crippen LogP contribution in [0.4, 0.5) is 0 Å². The number of likely N-dealkylation sites (tertiary alicyclic amines) is 1. The lowest BCUT2D eigenvalue weighted by Gasteiger charge is -2.31. The highest BCUT2D eigenvalue weighted by Gasteiger charge is 2.47. The number of benzene rings is 1. The van der Waals surface area contributed by atoms with Crippen molar-refractivity contribution in [2.45, 2.75) is 71.9 Å². The lowest BCUT2D eigenvalue weighted by atomic mass is 9.85. The van der Waals surface area contributed by atoms with Crippen LogP contribution in [-0.4, -0.2) is 52.6 Å². The van der Waals surface area contributed by atoms with E-state index in [-0.39, 0.29) is 48.4 Å². The molecule has 1 aliphatic heterocycles. The smallest absolute Gasteiger partial charge is 0.242 e. The summed E-state index contributed by atoms with van der Waals surface area (Å²) in [5.41, 5.74) is 2.02. The van der Waals surface area contributed by atoms with E-state index in [1.165, 1.54) is 4.90 Å². The SMILES string of the molecule is CCCCNC(=O)[C@@H](CC)N(Cc1ccccc1C)C(=O)CCN1C(=O)[C@H]2CC=CC[C@H]2C1=O. The number of imide groups is 1. The lowest BCUT2D eigenvalue weighted by molar-refractivity contribution is -0.144. The standard InChI is InChI=1S/C27H37N3O4/c1-4-6-16-28-25(32)23(5-2)30(18-20-12-8-7-11-19(20)3)24(31)15-17-29-26(33)21-13-9-10-14-22(21)27(29)34/h7-12,21-23H,4-6,13-18H2,1-3H3,(H,28,32)/t21-,22+,23-/m1/s1. The first-order valence-corrected chi connectivity index (χ1v) is 12.5. The number of rotatable bonds is 11. The number of unbranched alkanes of at least 4 members (excludes halogenated alkanes) is 1. The Bertz CT molecular complexity index is 916. The summed E-state index contributed by atoms with van der Waals surface area (Å²) in [4.78, 5) is 54.9. The van der Waals surface area contributed by atoms with E-state index in [9.17, 15) is 19.2 Å². The van der Waals surface area contributed by atoms with Gasteiger partial charge in [0, 0.05) is 26.1 Å². The largest absolute Gasteiger partial charge is 0.354 e. The van der Waals surface area contributed by atoms with Gasteiger partial charge in [-0.25, -0.2) is 0 Å². The second-order valence-corrected chi connectivity index (χ2v) is 9.25. The van der Waals surface area contributed by atoms with Gasteiger partial charge in [-0.2, -0.15) is 0 Å². The molecule has 7 nitrogen and oxygen atoms in total. The summed E-state index contributed by atoms with van der Waals surface area (Å²) in [7, 11) is 0. The molecule has 1 aliphatic carbocycles. The number of nitrogens with zero attached hydrogens (tertiary/aromatic N) is 2. The Morgan fingerprint density at radius 3 is 2.32 bits per heavy atom. The summed E-state index contributed by atoms with van der Waals surface area (Å²) < 4.78 is 0. The summed E-state index contributed by atoms with van der Waals surface area (Å²) in [6.07, 6.45) is 7.40. The van der Waals surface area contributed by atoms with Gasteiger partial charge in [-0.3, -0.25) is 24.1 Å². The fourth-order valence-electron chi connectivity index (χ4n) is 4.84. The van der Waals surface area contributed by atoms with E-state index < -0.39 is 6.04 Å². The van der Waals surface area contributed by atoms with Crippen molar-refractivity contribution in [3.8, 4) is 0 Å². The molecular formula is C27H37N3O4. The maximum Gasteiger partial charge on any atom is 0.242 e. The molecular weight excluding hydrogens is 430 g/mol. The number of fused-ring (bicyclic) bond motifs is 1. The average Bonchev–Trinajstić information content (AvgIpc) is 3.08. The van der Waals surface area contributed by atoms with Gasteiger partial charge in [0.25, 0.3) is 0 Å². The van der Waals surface area contributed by atoms with Gasteiger partial charge in [0.15, 0.2) is 0 Å². The summed E-state index contributed by atoms with van der Waals surface area (Å²) in [6, 6.07) is 7.20. The van der Waals surface area contributed by atoms with E-state index in [0.717, 1.165) is 24.0 Å². The molecule has 1 heterocycles. The van der Waals surface area contributed by atoms with Gasteiger partial charge in [0.2, 0.25) is 23.6 Å². The molecule has 0 unspecified atom stereocenters. The van der Waals surface area contributed by atoms with Crippen molar-refractivity contribution < 1.29 is 19.2 Å². The number of nitrogens with one attached hydrogen (secondary N) is 1. The molecule has 0 bridgehead atoms. The van der Waals surface area contributed by atoms with Gasteiger partial charge in [0.1, 0.15) is 6.04 Å². The highest BCUT2D eigenvalue weighted by molar-refractivity contribution is 6.05. The van der Waals surface area contributed by atoms with Crippen molar-refractivity contribution in [1.82, 2.24) is 15.1 Å². The Labute approximate surface area is 202 Å². The van der Waals surface area contributed by atoms with Gasteiger partial charge < -0.3 is 10.2 Å². The van der Waals surface area contributed by atoms with Crippen LogP contribution in [-0.2, 0) is 25.7 Å². The van der Waals surface area contributed by atoms with Crippen LogP contribution >= 0.6 is 0 Å². The third kappa shape index (κ3) is 5.75. The molecule has 184 valence electrons. The second kappa shape index (κ2) is 12.0. The molecule has 1 N–H and O–H groups in total. The van der Waals surface area contributed by atoms with Crippen molar-refractivity contribution in [2.75, 3.05) is 13.1 Å². The zero-order valence-corrected chi connectivity index (χ0v) is 20.6. The Morgan fingerprint density at radius 1 is 1.09 bits per heavy atom. The van der Waals surface area contributed by atoms with Gasteiger partial charge in [-0.05, 0) is 43.7 Å².